The Hall–Kier alpha value is -2.04. The van der Waals surface area contributed by atoms with Gasteiger partial charge in [-0.1, -0.05) is 13.2 Å². The van der Waals surface area contributed by atoms with Gasteiger partial charge in [-0.2, -0.15) is 0 Å². The smallest absolute Gasteiger partial charge is 0.339 e. The molecule has 1 rings (SSSR count). The van der Waals surface area contributed by atoms with Crippen LogP contribution in [0.1, 0.15) is 0 Å². The van der Waals surface area contributed by atoms with Crippen LogP contribution in [0, 0.1) is 0 Å². The molecule has 1 aromatic rings. The quantitative estimate of drug-likeness (QED) is 0.692. The Balaban J connectivity index is 3.78. The maximum absolute atomic E-state index is 11.3. The Morgan fingerprint density at radius 3 is 2.38 bits per heavy atom. The first-order valence-corrected chi connectivity index (χ1v) is 3.43. The molecule has 0 saturated carbocycles. The van der Waals surface area contributed by atoms with Crippen molar-refractivity contribution in [3.63, 3.8) is 0 Å². The standard InChI is InChI=1S/C8H8N2O3/c1-3-9-5-6(11)7(12)10(4-2)8(9)13/h3-5,11H,1-2H2. The SMILES string of the molecule is C=Cn1cc(O)c(=O)n(C=C)c1=O. The summed E-state index contributed by atoms with van der Waals surface area (Å²) in [4.78, 5) is 22.4. The molecule has 1 heterocycles. The van der Waals surface area contributed by atoms with Crippen molar-refractivity contribution < 1.29 is 5.11 Å². The van der Waals surface area contributed by atoms with Crippen LogP contribution in [-0.2, 0) is 0 Å². The molecule has 0 aromatic carbocycles. The molecule has 0 aliphatic heterocycles. The van der Waals surface area contributed by atoms with Crippen LogP contribution in [0.15, 0.2) is 28.9 Å². The van der Waals surface area contributed by atoms with Crippen molar-refractivity contribution in [1.29, 1.82) is 0 Å². The monoisotopic (exact) mass is 180 g/mol. The fourth-order valence-corrected chi connectivity index (χ4v) is 0.869. The van der Waals surface area contributed by atoms with E-state index in [1.54, 1.807) is 0 Å². The van der Waals surface area contributed by atoms with Crippen LogP contribution >= 0.6 is 0 Å². The molecule has 0 radical (unpaired) electrons. The molecule has 0 saturated heterocycles. The summed E-state index contributed by atoms with van der Waals surface area (Å²) in [5.74, 6) is -0.528. The van der Waals surface area contributed by atoms with Gasteiger partial charge in [-0.25, -0.2) is 9.36 Å². The van der Waals surface area contributed by atoms with Crippen LogP contribution in [-0.4, -0.2) is 14.2 Å². The molecule has 1 aromatic heterocycles. The first-order chi connectivity index (χ1) is 6.11. The highest BCUT2D eigenvalue weighted by atomic mass is 16.3. The van der Waals surface area contributed by atoms with Crippen molar-refractivity contribution >= 4 is 12.4 Å². The first kappa shape index (κ1) is 9.05. The second-order valence-electron chi connectivity index (χ2n) is 2.24. The third kappa shape index (κ3) is 1.31. The third-order valence-electron chi connectivity index (χ3n) is 1.51. The first-order valence-electron chi connectivity index (χ1n) is 3.43. The predicted octanol–water partition coefficient (Wildman–Crippen LogP) is -0.0834. The molecular weight excluding hydrogens is 172 g/mol. The summed E-state index contributed by atoms with van der Waals surface area (Å²) in [5, 5.41) is 9.08. The summed E-state index contributed by atoms with van der Waals surface area (Å²) in [6.45, 7) is 6.61. The average Bonchev–Trinajstić information content (AvgIpc) is 2.12. The molecule has 0 aliphatic carbocycles. The molecule has 0 atom stereocenters. The summed E-state index contributed by atoms with van der Waals surface area (Å²) < 4.78 is 1.68. The second-order valence-corrected chi connectivity index (χ2v) is 2.24. The molecule has 68 valence electrons. The predicted molar refractivity (Wildman–Crippen MR) is 49.4 cm³/mol. The minimum atomic E-state index is -0.793. The zero-order chi connectivity index (χ0) is 10.0. The number of nitrogens with zero attached hydrogens (tertiary/aromatic N) is 2. The van der Waals surface area contributed by atoms with E-state index in [1.165, 1.54) is 6.20 Å². The van der Waals surface area contributed by atoms with Gasteiger partial charge in [0.1, 0.15) is 0 Å². The Bertz CT molecular complexity index is 467. The summed E-state index contributed by atoms with van der Waals surface area (Å²) >= 11 is 0. The van der Waals surface area contributed by atoms with Crippen LogP contribution in [0.2, 0.25) is 0 Å². The van der Waals surface area contributed by atoms with E-state index in [0.29, 0.717) is 4.57 Å². The number of aromatic nitrogens is 2. The summed E-state index contributed by atoms with van der Waals surface area (Å²) in [6.07, 6.45) is 3.21. The molecule has 0 aliphatic rings. The van der Waals surface area contributed by atoms with Crippen molar-refractivity contribution in [1.82, 2.24) is 9.13 Å². The van der Waals surface area contributed by atoms with E-state index < -0.39 is 17.0 Å². The minimum Gasteiger partial charge on any atom is -0.502 e. The molecule has 1 N–H and O–H groups in total. The van der Waals surface area contributed by atoms with Crippen molar-refractivity contribution in [3.8, 4) is 5.75 Å². The Kier molecular flexibility index (Phi) is 2.19. The second kappa shape index (κ2) is 3.14. The molecule has 0 fully saturated rings. The lowest BCUT2D eigenvalue weighted by Gasteiger charge is -2.02. The highest BCUT2D eigenvalue weighted by Crippen LogP contribution is 1.95. The molecule has 0 bridgehead atoms. The zero-order valence-electron chi connectivity index (χ0n) is 6.80. The van der Waals surface area contributed by atoms with Crippen molar-refractivity contribution in [2.75, 3.05) is 0 Å². The van der Waals surface area contributed by atoms with Crippen molar-refractivity contribution in [2.24, 2.45) is 0 Å². The lowest BCUT2D eigenvalue weighted by molar-refractivity contribution is 0.456. The van der Waals surface area contributed by atoms with Crippen LogP contribution in [0.25, 0.3) is 12.4 Å². The van der Waals surface area contributed by atoms with Crippen molar-refractivity contribution in [2.45, 2.75) is 0 Å². The maximum atomic E-state index is 11.3. The van der Waals surface area contributed by atoms with Gasteiger partial charge in [-0.3, -0.25) is 9.36 Å². The third-order valence-corrected chi connectivity index (χ3v) is 1.51. The van der Waals surface area contributed by atoms with Gasteiger partial charge in [0.25, 0.3) is 0 Å². The van der Waals surface area contributed by atoms with Gasteiger partial charge >= 0.3 is 11.2 Å². The maximum Gasteiger partial charge on any atom is 0.339 e. The molecule has 13 heavy (non-hydrogen) atoms. The van der Waals surface area contributed by atoms with E-state index in [1.807, 2.05) is 0 Å². The summed E-state index contributed by atoms with van der Waals surface area (Å²) in [6, 6.07) is 0. The fraction of sp³-hybridized carbons (Fsp3) is 0. The van der Waals surface area contributed by atoms with Gasteiger partial charge in [-0.05, 0) is 0 Å². The van der Waals surface area contributed by atoms with Crippen LogP contribution < -0.4 is 11.2 Å². The van der Waals surface area contributed by atoms with E-state index in [0.717, 1.165) is 17.0 Å². The van der Waals surface area contributed by atoms with Crippen molar-refractivity contribution in [3.05, 3.63) is 40.2 Å². The van der Waals surface area contributed by atoms with Gasteiger partial charge in [-0.15, -0.1) is 0 Å². The van der Waals surface area contributed by atoms with Crippen LogP contribution in [0.4, 0.5) is 0 Å². The summed E-state index contributed by atoms with van der Waals surface area (Å²) in [5.41, 5.74) is -1.41. The number of aromatic hydroxyl groups is 1. The Morgan fingerprint density at radius 2 is 1.92 bits per heavy atom. The van der Waals surface area contributed by atoms with Gasteiger partial charge in [0.2, 0.25) is 0 Å². The molecule has 0 amide bonds. The number of hydrogen-bond donors (Lipinski definition) is 1. The van der Waals surface area contributed by atoms with Gasteiger partial charge in [0, 0.05) is 12.4 Å². The molecule has 5 nitrogen and oxygen atoms in total. The van der Waals surface area contributed by atoms with E-state index in [9.17, 15) is 9.59 Å². The molecular formula is C8H8N2O3. The molecule has 0 unspecified atom stereocenters. The fourth-order valence-electron chi connectivity index (χ4n) is 0.869. The van der Waals surface area contributed by atoms with Crippen LogP contribution in [0.5, 0.6) is 5.75 Å². The highest BCUT2D eigenvalue weighted by molar-refractivity contribution is 5.27. The Labute approximate surface area is 73.5 Å². The lowest BCUT2D eigenvalue weighted by Crippen LogP contribution is -2.34. The molecule has 5 heteroatoms. The van der Waals surface area contributed by atoms with Gasteiger partial charge in [0.05, 0.1) is 6.20 Å². The van der Waals surface area contributed by atoms with E-state index >= 15 is 0 Å². The largest absolute Gasteiger partial charge is 0.502 e. The van der Waals surface area contributed by atoms with Gasteiger partial charge in [0.15, 0.2) is 5.75 Å². The van der Waals surface area contributed by atoms with E-state index in [2.05, 4.69) is 13.2 Å². The van der Waals surface area contributed by atoms with Gasteiger partial charge < -0.3 is 5.11 Å². The number of hydrogen-bond acceptors (Lipinski definition) is 3. The van der Waals surface area contributed by atoms with Crippen LogP contribution in [0.3, 0.4) is 0 Å². The molecule has 0 spiro atoms. The minimum absolute atomic E-state index is 0.528. The number of rotatable bonds is 2. The Morgan fingerprint density at radius 1 is 1.31 bits per heavy atom. The lowest BCUT2D eigenvalue weighted by atomic mass is 10.5. The van der Waals surface area contributed by atoms with E-state index in [-0.39, 0.29) is 0 Å². The topological polar surface area (TPSA) is 64.2 Å². The van der Waals surface area contributed by atoms with E-state index in [4.69, 9.17) is 5.11 Å². The average molecular weight is 180 g/mol. The highest BCUT2D eigenvalue weighted by Gasteiger charge is 2.05. The normalized spacial score (nSPS) is 9.54. The summed E-state index contributed by atoms with van der Waals surface area (Å²) in [7, 11) is 0. The zero-order valence-corrected chi connectivity index (χ0v) is 6.80.